The summed E-state index contributed by atoms with van der Waals surface area (Å²) >= 11 is 0. The first kappa shape index (κ1) is 19.3. The molecule has 0 aliphatic carbocycles. The molecular weight excluding hydrogens is 368 g/mol. The van der Waals surface area contributed by atoms with Gasteiger partial charge in [0.05, 0.1) is 44.8 Å². The molecule has 7 nitrogen and oxygen atoms in total. The van der Waals surface area contributed by atoms with Gasteiger partial charge in [0.15, 0.2) is 11.5 Å². The van der Waals surface area contributed by atoms with Gasteiger partial charge in [0.1, 0.15) is 5.75 Å². The zero-order valence-electron chi connectivity index (χ0n) is 17.3. The molecule has 4 rings (SSSR count). The molecule has 7 heteroatoms. The monoisotopic (exact) mass is 394 g/mol. The van der Waals surface area contributed by atoms with Gasteiger partial charge >= 0.3 is 0 Å². The van der Waals surface area contributed by atoms with E-state index in [1.54, 1.807) is 21.3 Å². The third-order valence-corrected chi connectivity index (χ3v) is 5.61. The van der Waals surface area contributed by atoms with Crippen LogP contribution in [0.2, 0.25) is 0 Å². The number of piperazine rings is 1. The number of nitrogens with zero attached hydrogens (tertiary/aromatic N) is 4. The Morgan fingerprint density at radius 2 is 1.66 bits per heavy atom. The fourth-order valence-corrected chi connectivity index (χ4v) is 3.90. The molecule has 1 saturated heterocycles. The van der Waals surface area contributed by atoms with Gasteiger partial charge in [-0.1, -0.05) is 12.1 Å². The number of ether oxygens (including phenoxy) is 3. The number of methoxy groups -OCH3 is 3. The van der Waals surface area contributed by atoms with Crippen molar-refractivity contribution in [2.24, 2.45) is 0 Å². The minimum atomic E-state index is 0.276. The molecule has 0 radical (unpaired) electrons. The Hall–Kier alpha value is -3.06. The fraction of sp³-hybridized carbons (Fsp3) is 0.364. The smallest absolute Gasteiger partial charge is 0.162 e. The molecule has 0 saturated carbocycles. The molecule has 1 aliphatic rings. The second kappa shape index (κ2) is 8.13. The van der Waals surface area contributed by atoms with Crippen LogP contribution in [0.4, 0.5) is 5.69 Å². The van der Waals surface area contributed by atoms with Crippen molar-refractivity contribution < 1.29 is 14.2 Å². The van der Waals surface area contributed by atoms with Crippen molar-refractivity contribution in [1.82, 2.24) is 15.1 Å². The summed E-state index contributed by atoms with van der Waals surface area (Å²) in [6.07, 6.45) is 1.84. The van der Waals surface area contributed by atoms with Crippen molar-refractivity contribution in [3.63, 3.8) is 0 Å². The molecule has 0 bridgehead atoms. The third-order valence-electron chi connectivity index (χ3n) is 5.61. The van der Waals surface area contributed by atoms with Crippen molar-refractivity contribution in [2.45, 2.75) is 6.04 Å². The normalized spacial score (nSPS) is 17.4. The minimum absolute atomic E-state index is 0.276. The number of aromatic nitrogens is 2. The highest BCUT2D eigenvalue weighted by Crippen LogP contribution is 2.37. The first-order chi connectivity index (χ1) is 14.1. The van der Waals surface area contributed by atoms with Crippen LogP contribution >= 0.6 is 0 Å². The molecule has 1 aromatic heterocycles. The molecule has 1 unspecified atom stereocenters. The highest BCUT2D eigenvalue weighted by atomic mass is 16.5. The maximum Gasteiger partial charge on any atom is 0.162 e. The highest BCUT2D eigenvalue weighted by molar-refractivity contribution is 5.93. The Morgan fingerprint density at radius 3 is 2.34 bits per heavy atom. The van der Waals surface area contributed by atoms with Gasteiger partial charge in [-0.05, 0) is 30.8 Å². The van der Waals surface area contributed by atoms with Gasteiger partial charge in [-0.25, -0.2) is 0 Å². The zero-order valence-corrected chi connectivity index (χ0v) is 17.3. The number of fused-ring (bicyclic) bond motifs is 1. The van der Waals surface area contributed by atoms with E-state index in [-0.39, 0.29) is 6.04 Å². The van der Waals surface area contributed by atoms with Crippen LogP contribution < -0.4 is 19.1 Å². The second-order valence-electron chi connectivity index (χ2n) is 7.17. The van der Waals surface area contributed by atoms with Crippen LogP contribution in [0.15, 0.2) is 42.6 Å². The number of benzene rings is 2. The van der Waals surface area contributed by atoms with Crippen molar-refractivity contribution in [3.8, 4) is 17.2 Å². The first-order valence-corrected chi connectivity index (χ1v) is 9.61. The topological polar surface area (TPSA) is 60.0 Å². The van der Waals surface area contributed by atoms with E-state index in [1.165, 1.54) is 5.56 Å². The lowest BCUT2D eigenvalue weighted by Gasteiger charge is -2.41. The molecule has 1 aliphatic heterocycles. The summed E-state index contributed by atoms with van der Waals surface area (Å²) in [6.45, 7) is 2.73. The van der Waals surface area contributed by atoms with Crippen LogP contribution in [-0.2, 0) is 0 Å². The summed E-state index contributed by atoms with van der Waals surface area (Å²) in [6, 6.07) is 12.4. The van der Waals surface area contributed by atoms with E-state index < -0.39 is 0 Å². The molecule has 0 N–H and O–H groups in total. The average molecular weight is 394 g/mol. The summed E-state index contributed by atoms with van der Waals surface area (Å²) in [5, 5.41) is 9.55. The number of likely N-dealkylation sites (N-methyl/N-ethyl adjacent to an activating group) is 1. The summed E-state index contributed by atoms with van der Waals surface area (Å²) < 4.78 is 16.2. The van der Waals surface area contributed by atoms with Crippen LogP contribution in [-0.4, -0.2) is 63.1 Å². The Bertz CT molecular complexity index is 993. The molecular formula is C22H26N4O3. The second-order valence-corrected chi connectivity index (χ2v) is 7.17. The van der Waals surface area contributed by atoms with Crippen molar-refractivity contribution in [2.75, 3.05) is 52.9 Å². The largest absolute Gasteiger partial charge is 0.497 e. The predicted octanol–water partition coefficient (Wildman–Crippen LogP) is 3.15. The molecule has 1 fully saturated rings. The maximum atomic E-state index is 5.50. The lowest BCUT2D eigenvalue weighted by molar-refractivity contribution is 0.221. The number of hydrogen-bond acceptors (Lipinski definition) is 7. The molecule has 0 spiro atoms. The van der Waals surface area contributed by atoms with Crippen LogP contribution in [0.1, 0.15) is 11.6 Å². The number of anilines is 1. The summed E-state index contributed by atoms with van der Waals surface area (Å²) in [5.41, 5.74) is 3.12. The SMILES string of the molecule is COc1ccc(C2CN(c3cnnc4cc(OC)c(OC)cc34)CCN2C)cc1. The molecule has 0 amide bonds. The van der Waals surface area contributed by atoms with Crippen LogP contribution in [0, 0.1) is 0 Å². The van der Waals surface area contributed by atoms with Gasteiger partial charge in [-0.2, -0.15) is 10.2 Å². The Morgan fingerprint density at radius 1 is 0.931 bits per heavy atom. The summed E-state index contributed by atoms with van der Waals surface area (Å²) in [4.78, 5) is 4.76. The van der Waals surface area contributed by atoms with Crippen molar-refractivity contribution in [1.29, 1.82) is 0 Å². The number of hydrogen-bond donors (Lipinski definition) is 0. The van der Waals surface area contributed by atoms with Gasteiger partial charge in [0.2, 0.25) is 0 Å². The number of rotatable bonds is 5. The summed E-state index contributed by atoms with van der Waals surface area (Å²) in [7, 11) is 7.13. The maximum absolute atomic E-state index is 5.50. The summed E-state index contributed by atoms with van der Waals surface area (Å²) in [5.74, 6) is 2.21. The predicted molar refractivity (Wildman–Crippen MR) is 113 cm³/mol. The first-order valence-electron chi connectivity index (χ1n) is 9.61. The molecule has 152 valence electrons. The molecule has 1 atom stereocenters. The van der Waals surface area contributed by atoms with Gasteiger partial charge in [0, 0.05) is 31.1 Å². The van der Waals surface area contributed by atoms with Gasteiger partial charge in [-0.3, -0.25) is 4.90 Å². The van der Waals surface area contributed by atoms with Crippen LogP contribution in [0.25, 0.3) is 10.9 Å². The fourth-order valence-electron chi connectivity index (χ4n) is 3.90. The van der Waals surface area contributed by atoms with E-state index in [9.17, 15) is 0 Å². The molecule has 2 aromatic carbocycles. The van der Waals surface area contributed by atoms with Gasteiger partial charge in [0.25, 0.3) is 0 Å². The van der Waals surface area contributed by atoms with E-state index in [2.05, 4.69) is 39.2 Å². The van der Waals surface area contributed by atoms with E-state index in [1.807, 2.05) is 30.5 Å². The van der Waals surface area contributed by atoms with E-state index in [0.29, 0.717) is 11.5 Å². The van der Waals surface area contributed by atoms with Gasteiger partial charge in [-0.15, -0.1) is 0 Å². The van der Waals surface area contributed by atoms with Crippen molar-refractivity contribution >= 4 is 16.6 Å². The van der Waals surface area contributed by atoms with Crippen molar-refractivity contribution in [3.05, 3.63) is 48.2 Å². The highest BCUT2D eigenvalue weighted by Gasteiger charge is 2.27. The third kappa shape index (κ3) is 3.65. The van der Waals surface area contributed by atoms with E-state index in [4.69, 9.17) is 14.2 Å². The lowest BCUT2D eigenvalue weighted by Crippen LogP contribution is -2.46. The Balaban J connectivity index is 1.69. The quantitative estimate of drug-likeness (QED) is 0.659. The lowest BCUT2D eigenvalue weighted by atomic mass is 10.0. The van der Waals surface area contributed by atoms with Crippen LogP contribution in [0.3, 0.4) is 0 Å². The van der Waals surface area contributed by atoms with E-state index in [0.717, 1.165) is 42.0 Å². The Kier molecular flexibility index (Phi) is 5.40. The zero-order chi connectivity index (χ0) is 20.4. The Labute approximate surface area is 170 Å². The van der Waals surface area contributed by atoms with Gasteiger partial charge < -0.3 is 19.1 Å². The molecule has 3 aromatic rings. The van der Waals surface area contributed by atoms with E-state index >= 15 is 0 Å². The standard InChI is InChI=1S/C22H26N4O3/c1-25-9-10-26(14-20(25)15-5-7-16(27-2)8-6-15)19-13-23-24-18-12-22(29-4)21(28-3)11-17(18)19/h5-8,11-13,20H,9-10,14H2,1-4H3. The molecule has 29 heavy (non-hydrogen) atoms. The minimum Gasteiger partial charge on any atom is -0.497 e. The average Bonchev–Trinajstić information content (AvgIpc) is 2.78. The van der Waals surface area contributed by atoms with Crippen LogP contribution in [0.5, 0.6) is 17.2 Å². The molecule has 2 heterocycles.